The van der Waals surface area contributed by atoms with E-state index >= 15 is 0 Å². The Kier molecular flexibility index (Phi) is 202. The fraction of sp³-hybridized carbons (Fsp3) is 0.237. The monoisotopic (exact) mass is 1760 g/mol. The van der Waals surface area contributed by atoms with Crippen molar-refractivity contribution in [2.24, 2.45) is 0 Å². The number of aliphatic hydroxyl groups is 3. The number of aldehydes is 1. The van der Waals surface area contributed by atoms with Crippen LogP contribution in [0.25, 0.3) is 48.5 Å². The van der Waals surface area contributed by atoms with Crippen molar-refractivity contribution in [2.75, 3.05) is 55.9 Å². The first kappa shape index (κ1) is 153. The Balaban J connectivity index is -0.0000000581. The molecular weight excluding hydrogens is 1630 g/mol. The maximum Gasteiger partial charge on any atom is 0.448 e. The van der Waals surface area contributed by atoms with E-state index in [9.17, 15) is 4.39 Å². The fourth-order valence-electron chi connectivity index (χ4n) is 5.03. The first-order valence-corrected chi connectivity index (χ1v) is 35.9. The first-order chi connectivity index (χ1) is 57.0. The predicted molar refractivity (Wildman–Crippen MR) is 500 cm³/mol. The summed E-state index contributed by atoms with van der Waals surface area (Å²) in [5.41, 5.74) is 7.01. The van der Waals surface area contributed by atoms with Gasteiger partial charge >= 0.3 is 7.12 Å². The molecule has 0 unspecified atom stereocenters. The van der Waals surface area contributed by atoms with E-state index in [0.717, 1.165) is 33.5 Å². The zero-order valence-corrected chi connectivity index (χ0v) is 78.4. The molecule has 0 aromatic heterocycles. The zero-order valence-electron chi connectivity index (χ0n) is 74.2. The molecule has 0 fully saturated rings. The minimum absolute atomic E-state index is 0. The second-order valence-electron chi connectivity index (χ2n) is 17.9. The Morgan fingerprint density at radius 2 is 0.388 bits per heavy atom. The Labute approximate surface area is 766 Å². The molecule has 10 rings (SSSR count). The van der Waals surface area contributed by atoms with E-state index in [-0.39, 0.29) is 69.7 Å². The summed E-state index contributed by atoms with van der Waals surface area (Å²) in [7, 11) is 6.26. The van der Waals surface area contributed by atoms with Gasteiger partial charge in [0.25, 0.3) is 0 Å². The van der Waals surface area contributed by atoms with Crippen molar-refractivity contribution in [3.63, 3.8) is 0 Å². The number of halogens is 1. The van der Waals surface area contributed by atoms with Crippen molar-refractivity contribution < 1.29 is 104 Å². The first-order valence-electron chi connectivity index (χ1n) is 35.9. The van der Waals surface area contributed by atoms with Crippen molar-refractivity contribution in [3.05, 3.63) is 432 Å². The zero-order chi connectivity index (χ0) is 92.7. The molecule has 0 aliphatic heterocycles. The summed E-state index contributed by atoms with van der Waals surface area (Å²) in [6.07, 6.45) is 3.00. The number of carbonyl (C=O) groups is 1. The molecule has 0 spiro atoms. The van der Waals surface area contributed by atoms with Crippen LogP contribution in [-0.2, 0) is 74.7 Å². The van der Waals surface area contributed by atoms with E-state index in [1.165, 1.54) is 20.2 Å². The van der Waals surface area contributed by atoms with Crippen molar-refractivity contribution >= 4 is 77.1 Å². The molecule has 0 aliphatic rings. The molecule has 121 heavy (non-hydrogen) atoms. The second kappa shape index (κ2) is 160. The third-order valence-electron chi connectivity index (χ3n) is 9.14. The van der Waals surface area contributed by atoms with Gasteiger partial charge in [-0.15, -0.1) is 0 Å². The number of hydrogen-bond donors (Lipinski definition) is 5. The van der Waals surface area contributed by atoms with Crippen LogP contribution < -0.4 is 0 Å². The van der Waals surface area contributed by atoms with Crippen LogP contribution in [-0.4, -0.2) is 102 Å². The molecule has 0 aliphatic carbocycles. The maximum atomic E-state index is 9.50. The quantitative estimate of drug-likeness (QED) is 0.0603. The Morgan fingerprint density at radius 1 is 0.339 bits per heavy atom. The Morgan fingerprint density at radius 3 is 0.413 bits per heavy atom. The number of benzene rings is 10. The van der Waals surface area contributed by atoms with Crippen molar-refractivity contribution in [3.8, 4) is 0 Å². The predicted octanol–water partition coefficient (Wildman–Crippen LogP) is 28.3. The second-order valence-corrected chi connectivity index (χ2v) is 17.9. The van der Waals surface area contributed by atoms with Crippen LogP contribution in [0.4, 0.5) is 61.3 Å². The van der Waals surface area contributed by atoms with Crippen molar-refractivity contribution in [1.82, 2.24) is 0 Å². The van der Waals surface area contributed by atoms with Gasteiger partial charge in [-0.2, -0.15) is 6.42 Å². The molecule has 0 bridgehead atoms. The average Bonchev–Trinajstić information content (AvgIpc) is 1.09. The number of hydrogen-bond acceptors (Lipinski definition) is 9. The third kappa shape index (κ3) is 153. The van der Waals surface area contributed by atoms with Crippen molar-refractivity contribution in [1.29, 1.82) is 0 Å². The molecule has 5 N–H and O–H groups in total. The summed E-state index contributed by atoms with van der Waals surface area (Å²) in [5, 5.41) is 36.8. The summed E-state index contributed by atoms with van der Waals surface area (Å²) >= 11 is 0. The summed E-state index contributed by atoms with van der Waals surface area (Å²) in [6.45, 7) is 98.1. The molecule has 19 nitrogen and oxygen atoms in total. The van der Waals surface area contributed by atoms with E-state index in [2.05, 4.69) is 85.5 Å². The van der Waals surface area contributed by atoms with Gasteiger partial charge in [-0.1, -0.05) is 372 Å². The summed E-state index contributed by atoms with van der Waals surface area (Å²) < 4.78 is 18.3. The van der Waals surface area contributed by atoms with Gasteiger partial charge in [0.15, 0.2) is 56.9 Å². The van der Waals surface area contributed by atoms with Crippen LogP contribution in [0.1, 0.15) is 95.9 Å². The number of rotatable bonds is 1. The van der Waals surface area contributed by atoms with E-state index in [4.69, 9.17) is 101 Å². The topological polar surface area (TPSA) is 197 Å². The van der Waals surface area contributed by atoms with Gasteiger partial charge in [0.1, 0.15) is 6.29 Å². The fourth-order valence-corrected chi connectivity index (χ4v) is 5.03. The standard InChI is InChI=1S/10C7H5N.C3H8O.C3H8.C3H7.2C2H6O.C2H4O.3C2H6.CH5BO2.CH3F.2CH4O.CHO.CH3.3V/c10*1-8-7-5-3-2-4-6-7;1-3-4-2;3*1-3-2;2*1-2-3;3*1-2;1-2(3)4;4*1-2;;;;/h10*2-6H;3H2,1-2H3;3H2,1-2H3;1,3H2,2H3;1-2H3;3H,2H2,1H3;2H,1H3;3*1-2H3;3-4H,1H3;1H3;2*2H,1H3;1H;1H3;;;/q;;;;;;;;;;;;-1;;;;;;;;;;;2*-1;;;. The molecule has 647 valence electrons. The Hall–Kier alpha value is -12.1. The smallest absolute Gasteiger partial charge is 0.448 e. The number of methoxy groups -OCH3 is 2. The summed E-state index contributed by atoms with van der Waals surface area (Å²) in [5.74, 6) is 0. The molecule has 10 aromatic carbocycles. The van der Waals surface area contributed by atoms with Crippen LogP contribution in [0.15, 0.2) is 303 Å². The summed E-state index contributed by atoms with van der Waals surface area (Å²) in [6, 6.07) is 91.8. The summed E-state index contributed by atoms with van der Waals surface area (Å²) in [4.78, 5) is 48.8. The van der Waals surface area contributed by atoms with E-state index in [0.29, 0.717) is 64.1 Å². The van der Waals surface area contributed by atoms with Gasteiger partial charge in [-0.25, -0.2) is 48.5 Å². The van der Waals surface area contributed by atoms with E-state index in [1.54, 1.807) is 150 Å². The number of alkyl halides is 1. The van der Waals surface area contributed by atoms with Gasteiger partial charge in [0.05, 0.1) is 72.9 Å². The molecule has 24 heteroatoms. The van der Waals surface area contributed by atoms with Gasteiger partial charge in [-0.3, -0.25) is 11.2 Å². The van der Waals surface area contributed by atoms with Gasteiger partial charge in [-0.05, 0) is 27.6 Å². The number of carbonyl (C=O) groups excluding carboxylic acids is 2. The minimum atomic E-state index is -1.17. The molecule has 10 aromatic rings. The molecule has 3 radical (unpaired) electrons. The number of aliphatic hydroxyl groups excluding tert-OH is 3. The number of nitrogens with zero attached hydrogens (tertiary/aromatic N) is 10. The molecular formula is C97H127BFN10O9V3-3. The normalized spacial score (nSPS) is 6.71. The Bertz CT molecular complexity index is 3090. The van der Waals surface area contributed by atoms with Crippen LogP contribution in [0, 0.1) is 80.1 Å². The molecule has 0 saturated heterocycles. The van der Waals surface area contributed by atoms with Gasteiger partial charge in [0, 0.05) is 104 Å². The maximum absolute atomic E-state index is 9.50. The molecule has 0 amide bonds. The molecule has 0 heterocycles. The minimum Gasteiger partial charge on any atom is -0.545 e. The number of ether oxygens (including phenoxy) is 2. The van der Waals surface area contributed by atoms with Gasteiger partial charge in [0.2, 0.25) is 0 Å². The average molecular weight is 1760 g/mol. The van der Waals surface area contributed by atoms with E-state index in [1.807, 2.05) is 237 Å². The third-order valence-corrected chi connectivity index (χ3v) is 9.14. The molecule has 0 atom stereocenters. The van der Waals surface area contributed by atoms with Crippen molar-refractivity contribution in [2.45, 2.75) is 103 Å². The van der Waals surface area contributed by atoms with Gasteiger partial charge < -0.3 is 58.8 Å². The van der Waals surface area contributed by atoms with Crippen LogP contribution >= 0.6 is 0 Å². The number of para-hydroxylation sites is 10. The SMILES string of the molecule is CB(O)O.CC.CC.CC.CC=O.CCC.CCO.CCOC.CF.CO.CO.COC.[C-]#[N+]c1ccccc1.[C-]#[N+]c1ccccc1.[C-]#[N+]c1ccccc1.[C-]#[N+]c1ccccc1.[C-]#[N+]c1ccccc1.[C-]#[N+]c1ccccc1.[C-]#[N+]c1ccccc1.[C-]#[N+]c1ccccc1.[C-]#[N+]c1ccccc1.[C-]#[N+]c1ccccc1.[CH-]=O.[CH2-]CC.[CH3-].[V].[V].[V]. The van der Waals surface area contributed by atoms with Crippen LogP contribution in [0.5, 0.6) is 0 Å². The van der Waals surface area contributed by atoms with Crippen LogP contribution in [0.3, 0.4) is 0 Å². The largest absolute Gasteiger partial charge is 0.545 e. The van der Waals surface area contributed by atoms with E-state index < -0.39 is 7.12 Å². The van der Waals surface area contributed by atoms with Crippen LogP contribution in [0.2, 0.25) is 6.82 Å². The molecule has 0 saturated carbocycles.